The van der Waals surface area contributed by atoms with Crippen molar-refractivity contribution in [2.75, 3.05) is 0 Å². The van der Waals surface area contributed by atoms with E-state index >= 15 is 0 Å². The number of carboxylic acid groups (broad SMARTS) is 1. The van der Waals surface area contributed by atoms with Crippen LogP contribution < -0.4 is 88.7 Å². The first-order valence-corrected chi connectivity index (χ1v) is 2.54. The molecule has 62 valence electrons. The van der Waals surface area contributed by atoms with Crippen molar-refractivity contribution < 1.29 is 112 Å². The fraction of sp³-hybridized carbons (Fsp3) is 0.400. The summed E-state index contributed by atoms with van der Waals surface area (Å²) in [6.07, 6.45) is 0.345. The zero-order valence-electron chi connectivity index (χ0n) is 11.4. The van der Waals surface area contributed by atoms with Gasteiger partial charge >= 0.3 is 94.6 Å². The van der Waals surface area contributed by atoms with Gasteiger partial charge in [-0.2, -0.15) is 0 Å². The Morgan fingerprint density at radius 2 is 1.62 bits per heavy atom. The average Bonchev–Trinajstić information content (AvgIpc) is 1.90. The molecule has 0 unspecified atom stereocenters. The second-order valence-corrected chi connectivity index (χ2v) is 1.67. The molecule has 0 saturated carbocycles. The summed E-state index contributed by atoms with van der Waals surface area (Å²) in [5.74, 6) is -1.21. The number of hydrogen-bond acceptors (Lipinski definition) is 3. The molecule has 0 saturated heterocycles. The first kappa shape index (κ1) is 24.0. The maximum absolute atomic E-state index is 10.1. The second-order valence-electron chi connectivity index (χ2n) is 1.67. The summed E-state index contributed by atoms with van der Waals surface area (Å²) >= 11 is 0. The number of imide groups is 1. The van der Waals surface area contributed by atoms with Gasteiger partial charge in [0.25, 0.3) is 0 Å². The summed E-state index contributed by atoms with van der Waals surface area (Å²) in [5.41, 5.74) is 0. The monoisotopic (exact) mass is 217 g/mol. The molecule has 0 aliphatic rings. The van der Waals surface area contributed by atoms with Gasteiger partial charge in [-0.1, -0.05) is 0 Å². The fourth-order valence-electron chi connectivity index (χ4n) is 0.335. The zero-order valence-corrected chi connectivity index (χ0v) is 14.4. The van der Waals surface area contributed by atoms with Crippen molar-refractivity contribution in [3.8, 4) is 0 Å². The Kier molecular flexibility index (Phi) is 25.2. The Morgan fingerprint density at radius 3 is 1.69 bits per heavy atom. The van der Waals surface area contributed by atoms with Gasteiger partial charge in [-0.15, -0.1) is 0 Å². The molecule has 0 aliphatic carbocycles. The van der Waals surface area contributed by atoms with Gasteiger partial charge < -0.3 is 9.39 Å². The molecule has 0 bridgehead atoms. The molecule has 1 atom stereocenters. The van der Waals surface area contributed by atoms with E-state index in [9.17, 15) is 14.4 Å². The average molecular weight is 217 g/mol. The van der Waals surface area contributed by atoms with E-state index in [2.05, 4.69) is 0 Å². The van der Waals surface area contributed by atoms with Crippen molar-refractivity contribution in [1.29, 1.82) is 0 Å². The Hall–Kier alpha value is 1.61. The molecule has 0 radical (unpaired) electrons. The smallest absolute Gasteiger partial charge is 1.00 e. The molecule has 0 aliphatic heterocycles. The van der Waals surface area contributed by atoms with Gasteiger partial charge in [0.05, 0.1) is 0 Å². The molecule has 0 aromatic rings. The molecular weight excluding hydrogens is 207 g/mol. The summed E-state index contributed by atoms with van der Waals surface area (Å²) in [4.78, 5) is 30.5. The number of carbonyl (C=O) groups is 3. The third-order valence-corrected chi connectivity index (χ3v) is 1.05. The van der Waals surface area contributed by atoms with E-state index in [4.69, 9.17) is 5.11 Å². The number of rotatable bonds is 4. The van der Waals surface area contributed by atoms with Gasteiger partial charge in [0.2, 0.25) is 12.8 Å². The Bertz CT molecular complexity index is 169. The summed E-state index contributed by atoms with van der Waals surface area (Å²) in [5, 5.41) is 8.26. The molecule has 0 aromatic heterocycles. The molecular formula is C5H10NNa3O4. The Morgan fingerprint density at radius 1 is 1.31 bits per heavy atom. The number of carboxylic acids is 1. The van der Waals surface area contributed by atoms with E-state index in [1.165, 1.54) is 6.92 Å². The van der Waals surface area contributed by atoms with Crippen LogP contribution in [0.1, 0.15) is 11.2 Å². The first-order chi connectivity index (χ1) is 4.63. The van der Waals surface area contributed by atoms with Crippen LogP contribution in [0.15, 0.2) is 0 Å². The van der Waals surface area contributed by atoms with Crippen LogP contribution in [0.4, 0.5) is 0 Å². The number of nitrogens with zero attached hydrogens (tertiary/aromatic N) is 1. The fourth-order valence-corrected chi connectivity index (χ4v) is 0.335. The summed E-state index contributed by atoms with van der Waals surface area (Å²) in [6.45, 7) is 1.24. The minimum absolute atomic E-state index is 0. The number of amides is 2. The molecule has 13 heavy (non-hydrogen) atoms. The van der Waals surface area contributed by atoms with Crippen LogP contribution in [-0.4, -0.2) is 34.8 Å². The summed E-state index contributed by atoms with van der Waals surface area (Å²) in [6, 6.07) is -1.09. The molecule has 0 fully saturated rings. The Balaban J connectivity index is -0.0000000270. The van der Waals surface area contributed by atoms with E-state index in [1.54, 1.807) is 0 Å². The number of hydrogen-bond donors (Lipinski definition) is 1. The predicted octanol–water partition coefficient (Wildman–Crippen LogP) is -9.58. The van der Waals surface area contributed by atoms with E-state index in [0.717, 1.165) is 0 Å². The zero-order chi connectivity index (χ0) is 8.15. The second kappa shape index (κ2) is 13.6. The van der Waals surface area contributed by atoms with Crippen LogP contribution in [0.3, 0.4) is 0 Å². The number of aliphatic carboxylic acids is 1. The summed E-state index contributed by atoms with van der Waals surface area (Å²) in [7, 11) is 0. The van der Waals surface area contributed by atoms with Crippen LogP contribution in [0.5, 0.6) is 0 Å². The minimum atomic E-state index is -1.21. The molecule has 2 amide bonds. The normalized spacial score (nSPS) is 9.00. The Labute approximate surface area is 147 Å². The van der Waals surface area contributed by atoms with Gasteiger partial charge in [-0.05, 0) is 6.92 Å². The molecule has 1 N–H and O–H groups in total. The van der Waals surface area contributed by atoms with Gasteiger partial charge in [-0.25, -0.2) is 4.79 Å². The summed E-state index contributed by atoms with van der Waals surface area (Å²) < 4.78 is 0. The molecule has 5 nitrogen and oxygen atoms in total. The van der Waals surface area contributed by atoms with Gasteiger partial charge in [0.15, 0.2) is 0 Å². The van der Waals surface area contributed by atoms with Crippen molar-refractivity contribution in [2.45, 2.75) is 13.0 Å². The number of carbonyl (C=O) groups excluding carboxylic acids is 2. The van der Waals surface area contributed by atoms with Crippen molar-refractivity contribution in [1.82, 2.24) is 4.90 Å². The van der Waals surface area contributed by atoms with Gasteiger partial charge in [0, 0.05) is 0 Å². The third kappa shape index (κ3) is 9.90. The van der Waals surface area contributed by atoms with Crippen LogP contribution in [0.2, 0.25) is 0 Å². The van der Waals surface area contributed by atoms with E-state index < -0.39 is 12.0 Å². The third-order valence-electron chi connectivity index (χ3n) is 1.05. The minimum Gasteiger partial charge on any atom is -1.00 e. The molecule has 0 aromatic carbocycles. The quantitative estimate of drug-likeness (QED) is 0.375. The largest absolute Gasteiger partial charge is 1.00 e. The van der Waals surface area contributed by atoms with Crippen molar-refractivity contribution in [2.24, 2.45) is 0 Å². The molecule has 0 spiro atoms. The maximum Gasteiger partial charge on any atom is 1.00 e. The van der Waals surface area contributed by atoms with E-state index in [-0.39, 0.29) is 106 Å². The van der Waals surface area contributed by atoms with E-state index in [1.807, 2.05) is 0 Å². The maximum atomic E-state index is 10.1. The van der Waals surface area contributed by atoms with E-state index in [0.29, 0.717) is 4.90 Å². The molecule has 0 rings (SSSR count). The van der Waals surface area contributed by atoms with Crippen LogP contribution in [-0.2, 0) is 14.4 Å². The van der Waals surface area contributed by atoms with Crippen LogP contribution in [0, 0.1) is 0 Å². The van der Waals surface area contributed by atoms with Gasteiger partial charge in [0.1, 0.15) is 6.04 Å². The standard InChI is InChI=1S/C5H7NO4.3Na.3H/c1-4(5(9)10)6(2-7)3-8;;;;;;/h2-4H,1H3,(H,9,10);;;;;;/q;3*+1;3*-1/t4-;;;;;;/m0....../s1. The van der Waals surface area contributed by atoms with Crippen molar-refractivity contribution in [3.63, 3.8) is 0 Å². The van der Waals surface area contributed by atoms with Gasteiger partial charge in [-0.3, -0.25) is 14.5 Å². The molecule has 8 heteroatoms. The van der Waals surface area contributed by atoms with Crippen LogP contribution in [0.25, 0.3) is 0 Å². The van der Waals surface area contributed by atoms with Crippen molar-refractivity contribution >= 4 is 18.8 Å². The first-order valence-electron chi connectivity index (χ1n) is 2.54. The van der Waals surface area contributed by atoms with Crippen LogP contribution >= 0.6 is 0 Å². The molecule has 0 heterocycles. The topological polar surface area (TPSA) is 74.7 Å². The van der Waals surface area contributed by atoms with Crippen molar-refractivity contribution in [3.05, 3.63) is 0 Å². The SMILES string of the molecule is C[C@@H](C(=O)O)N(C=O)C=O.[H-].[H-].[H-].[Na+].[Na+].[Na+]. The predicted molar refractivity (Wildman–Crippen MR) is 34.4 cm³/mol.